The summed E-state index contributed by atoms with van der Waals surface area (Å²) in [6.07, 6.45) is 1.16. The number of aromatic nitrogens is 1. The zero-order valence-corrected chi connectivity index (χ0v) is 7.71. The molecule has 0 aromatic carbocycles. The van der Waals surface area contributed by atoms with Crippen molar-refractivity contribution in [3.8, 4) is 0 Å². The Morgan fingerprint density at radius 3 is 2.53 bits per heavy atom. The summed E-state index contributed by atoms with van der Waals surface area (Å²) in [5, 5.41) is 25.1. The maximum atomic E-state index is 10.7. The molecule has 0 aliphatic heterocycles. The average Bonchev–Trinajstić information content (AvgIpc) is 2.16. The fraction of sp³-hybridized carbons (Fsp3) is 0. The summed E-state index contributed by atoms with van der Waals surface area (Å²) >= 11 is 0. The minimum Gasteiger partial charge on any atom is -0.423 e. The Hall–Kier alpha value is -1.93. The summed E-state index contributed by atoms with van der Waals surface area (Å²) in [4.78, 5) is 10.7. The van der Waals surface area contributed by atoms with Gasteiger partial charge in [0, 0.05) is 11.5 Å². The highest BCUT2D eigenvalue weighted by Crippen LogP contribution is 1.90. The Bertz CT molecular complexity index is 421. The molecule has 0 spiro atoms. The standard InChI is InChI=1S/C7H9BN4O3/c9-5-2-1-4(8(14)15)3-12(5)6(10)7(11)13/h1-3,9-10,14-15H,(H2,11,13)/p+1. The normalized spacial score (nSPS) is 9.73. The first-order chi connectivity index (χ1) is 6.93. The first-order valence-electron chi connectivity index (χ1n) is 3.99. The second kappa shape index (κ2) is 4.07. The quantitative estimate of drug-likeness (QED) is 0.142. The predicted octanol–water partition coefficient (Wildman–Crippen LogP) is -3.45. The molecule has 0 aliphatic rings. The van der Waals surface area contributed by atoms with Gasteiger partial charge in [-0.15, -0.1) is 0 Å². The fourth-order valence-electron chi connectivity index (χ4n) is 0.994. The third-order valence-electron chi connectivity index (χ3n) is 1.78. The molecule has 0 atom stereocenters. The number of carbonyl (C=O) groups excluding carboxylic acids is 1. The second-order valence-electron chi connectivity index (χ2n) is 2.84. The van der Waals surface area contributed by atoms with Crippen molar-refractivity contribution in [2.24, 2.45) is 5.73 Å². The van der Waals surface area contributed by atoms with Gasteiger partial charge in [0.2, 0.25) is 5.82 Å². The van der Waals surface area contributed by atoms with Gasteiger partial charge in [-0.1, -0.05) is 6.07 Å². The Morgan fingerprint density at radius 1 is 1.47 bits per heavy atom. The number of nitrogen functional groups attached to an aromatic ring is 1. The maximum Gasteiger partial charge on any atom is 0.491 e. The smallest absolute Gasteiger partial charge is 0.423 e. The molecule has 1 amide bonds. The van der Waals surface area contributed by atoms with Crippen LogP contribution in [0.5, 0.6) is 0 Å². The largest absolute Gasteiger partial charge is 0.491 e. The van der Waals surface area contributed by atoms with Crippen LogP contribution in [0.3, 0.4) is 0 Å². The van der Waals surface area contributed by atoms with Crippen LogP contribution in [0.2, 0.25) is 0 Å². The van der Waals surface area contributed by atoms with Crippen molar-refractivity contribution in [1.29, 1.82) is 5.41 Å². The molecular formula is C7H10BN4O3+. The molecule has 0 unspecified atom stereocenters. The van der Waals surface area contributed by atoms with Crippen LogP contribution >= 0.6 is 0 Å². The summed E-state index contributed by atoms with van der Waals surface area (Å²) in [5.41, 5.74) is 10.5. The highest BCUT2D eigenvalue weighted by Gasteiger charge is 2.20. The number of amides is 1. The maximum absolute atomic E-state index is 10.7. The molecule has 1 rings (SSSR count). The molecule has 0 fully saturated rings. The van der Waals surface area contributed by atoms with E-state index in [2.05, 4.69) is 0 Å². The minimum atomic E-state index is -1.70. The van der Waals surface area contributed by atoms with Gasteiger partial charge in [-0.25, -0.2) is 0 Å². The molecule has 1 heterocycles. The molecule has 0 saturated carbocycles. The summed E-state index contributed by atoms with van der Waals surface area (Å²) in [6, 6.07) is 2.71. The monoisotopic (exact) mass is 209 g/mol. The highest BCUT2D eigenvalue weighted by atomic mass is 16.4. The topological polar surface area (TPSA) is 137 Å². The van der Waals surface area contributed by atoms with Crippen LogP contribution in [0.25, 0.3) is 0 Å². The number of rotatable bonds is 1. The van der Waals surface area contributed by atoms with E-state index >= 15 is 0 Å². The van der Waals surface area contributed by atoms with Gasteiger partial charge < -0.3 is 21.5 Å². The summed E-state index contributed by atoms with van der Waals surface area (Å²) in [5.74, 6) is -1.41. The van der Waals surface area contributed by atoms with Gasteiger partial charge in [0.1, 0.15) is 0 Å². The lowest BCUT2D eigenvalue weighted by Gasteiger charge is -2.04. The Morgan fingerprint density at radius 2 is 2.07 bits per heavy atom. The molecule has 0 radical (unpaired) electrons. The van der Waals surface area contributed by atoms with Crippen LogP contribution < -0.4 is 21.5 Å². The van der Waals surface area contributed by atoms with Crippen LogP contribution in [0.1, 0.15) is 0 Å². The number of nitrogens with one attached hydrogen (secondary N) is 1. The van der Waals surface area contributed by atoms with Gasteiger partial charge in [-0.3, -0.25) is 4.79 Å². The number of carbonyl (C=O) groups is 1. The van der Waals surface area contributed by atoms with Gasteiger partial charge in [-0.2, -0.15) is 9.98 Å². The van der Waals surface area contributed by atoms with E-state index in [1.807, 2.05) is 0 Å². The molecule has 0 saturated heterocycles. The Kier molecular flexibility index (Phi) is 3.03. The third kappa shape index (κ3) is 2.30. The van der Waals surface area contributed by atoms with Gasteiger partial charge >= 0.3 is 18.9 Å². The fourth-order valence-corrected chi connectivity index (χ4v) is 0.994. The molecule has 78 valence electrons. The molecule has 8 heteroatoms. The number of hydrogen-bond acceptors (Lipinski definition) is 5. The van der Waals surface area contributed by atoms with Gasteiger partial charge in [0.15, 0.2) is 0 Å². The number of primary amides is 1. The molecule has 1 aromatic heterocycles. The number of anilines is 1. The van der Waals surface area contributed by atoms with Crippen LogP contribution in [0, 0.1) is 5.41 Å². The first-order valence-corrected chi connectivity index (χ1v) is 3.99. The molecule has 0 aliphatic carbocycles. The van der Waals surface area contributed by atoms with E-state index in [1.54, 1.807) is 0 Å². The van der Waals surface area contributed by atoms with E-state index < -0.39 is 18.9 Å². The van der Waals surface area contributed by atoms with Crippen molar-refractivity contribution in [1.82, 2.24) is 0 Å². The Balaban J connectivity index is 3.22. The molecule has 7 nitrogen and oxygen atoms in total. The molecule has 15 heavy (non-hydrogen) atoms. The predicted molar refractivity (Wildman–Crippen MR) is 53.2 cm³/mol. The van der Waals surface area contributed by atoms with Crippen LogP contribution in [0.4, 0.5) is 5.82 Å². The van der Waals surface area contributed by atoms with Crippen LogP contribution in [-0.4, -0.2) is 28.9 Å². The third-order valence-corrected chi connectivity index (χ3v) is 1.78. The van der Waals surface area contributed by atoms with Crippen molar-refractivity contribution in [3.63, 3.8) is 0 Å². The van der Waals surface area contributed by atoms with Crippen molar-refractivity contribution in [2.45, 2.75) is 0 Å². The van der Waals surface area contributed by atoms with Crippen molar-refractivity contribution in [2.75, 3.05) is 5.73 Å². The molecule has 0 bridgehead atoms. The molecular weight excluding hydrogens is 199 g/mol. The lowest BCUT2D eigenvalue weighted by Crippen LogP contribution is -2.54. The van der Waals surface area contributed by atoms with Gasteiger partial charge in [0.05, 0.1) is 6.20 Å². The Labute approximate surface area is 85.6 Å². The zero-order valence-electron chi connectivity index (χ0n) is 7.71. The number of nitrogens with two attached hydrogens (primary N) is 2. The minimum absolute atomic E-state index is 0.100. The van der Waals surface area contributed by atoms with Crippen LogP contribution in [0.15, 0.2) is 18.3 Å². The van der Waals surface area contributed by atoms with Gasteiger partial charge in [0.25, 0.3) is 0 Å². The zero-order chi connectivity index (χ0) is 11.6. The van der Waals surface area contributed by atoms with E-state index in [4.69, 9.17) is 26.9 Å². The van der Waals surface area contributed by atoms with E-state index in [0.29, 0.717) is 0 Å². The number of hydrogen-bond donors (Lipinski definition) is 5. The lowest BCUT2D eigenvalue weighted by molar-refractivity contribution is -0.537. The second-order valence-corrected chi connectivity index (χ2v) is 2.84. The molecule has 1 aromatic rings. The van der Waals surface area contributed by atoms with Crippen molar-refractivity contribution < 1.29 is 19.4 Å². The highest BCUT2D eigenvalue weighted by molar-refractivity contribution is 6.58. The summed E-state index contributed by atoms with van der Waals surface area (Å²) < 4.78 is 0.969. The SMILES string of the molecule is N=C(C(N)=O)[n+]1cc(B(O)O)ccc1N. The average molecular weight is 209 g/mol. The number of nitrogens with zero attached hydrogens (tertiary/aromatic N) is 1. The summed E-state index contributed by atoms with van der Waals surface area (Å²) in [7, 11) is -1.70. The van der Waals surface area contributed by atoms with E-state index in [1.165, 1.54) is 12.1 Å². The van der Waals surface area contributed by atoms with Crippen molar-refractivity contribution >= 4 is 30.1 Å². The van der Waals surface area contributed by atoms with Crippen LogP contribution in [-0.2, 0) is 4.79 Å². The van der Waals surface area contributed by atoms with E-state index in [9.17, 15) is 4.79 Å². The number of pyridine rings is 1. The van der Waals surface area contributed by atoms with E-state index in [0.717, 1.165) is 10.8 Å². The molecule has 7 N–H and O–H groups in total. The first kappa shape index (κ1) is 11.2. The van der Waals surface area contributed by atoms with Gasteiger partial charge in [-0.05, 0) is 0 Å². The van der Waals surface area contributed by atoms with Crippen molar-refractivity contribution in [3.05, 3.63) is 18.3 Å². The summed E-state index contributed by atoms with van der Waals surface area (Å²) in [6.45, 7) is 0. The van der Waals surface area contributed by atoms with E-state index in [-0.39, 0.29) is 11.3 Å². The lowest BCUT2D eigenvalue weighted by atomic mass is 9.81.